The molecular formula is C14H23N3O2S2. The van der Waals surface area contributed by atoms with Crippen molar-refractivity contribution in [2.75, 3.05) is 30.6 Å². The highest BCUT2D eigenvalue weighted by Gasteiger charge is 2.19. The first-order valence-corrected chi connectivity index (χ1v) is 9.88. The van der Waals surface area contributed by atoms with Gasteiger partial charge in [0, 0.05) is 36.5 Å². The average molecular weight is 329 g/mol. The molecule has 2 N–H and O–H groups in total. The van der Waals surface area contributed by atoms with Gasteiger partial charge in [-0.3, -0.25) is 14.6 Å². The van der Waals surface area contributed by atoms with Crippen LogP contribution in [0.5, 0.6) is 0 Å². The molecule has 0 aliphatic rings. The van der Waals surface area contributed by atoms with E-state index in [1.807, 2.05) is 12.3 Å². The van der Waals surface area contributed by atoms with Gasteiger partial charge in [0.1, 0.15) is 6.04 Å². The molecule has 1 rings (SSSR count). The number of carbonyl (C=O) groups excluding carboxylic acids is 2. The van der Waals surface area contributed by atoms with Gasteiger partial charge in [0.25, 0.3) is 0 Å². The van der Waals surface area contributed by atoms with Crippen LogP contribution in [0.25, 0.3) is 0 Å². The van der Waals surface area contributed by atoms with Gasteiger partial charge in [0.2, 0.25) is 11.8 Å². The van der Waals surface area contributed by atoms with E-state index in [9.17, 15) is 9.59 Å². The Bertz CT molecular complexity index is 480. The predicted molar refractivity (Wildman–Crippen MR) is 91.3 cm³/mol. The lowest BCUT2D eigenvalue weighted by atomic mass is 10.3. The second kappa shape index (κ2) is 8.29. The maximum Gasteiger partial charge on any atom is 0.243 e. The minimum atomic E-state index is -0.995. The van der Waals surface area contributed by atoms with Gasteiger partial charge in [-0.15, -0.1) is 0 Å². The van der Waals surface area contributed by atoms with Crippen LogP contribution in [-0.4, -0.2) is 53.4 Å². The molecule has 5 nitrogen and oxygen atoms in total. The van der Waals surface area contributed by atoms with Crippen LogP contribution in [0, 0.1) is 0 Å². The van der Waals surface area contributed by atoms with Gasteiger partial charge in [-0.1, -0.05) is 0 Å². The first-order valence-electron chi connectivity index (χ1n) is 6.63. The lowest BCUT2D eigenvalue weighted by Gasteiger charge is -2.31. The second-order valence-corrected chi connectivity index (χ2v) is 9.48. The number of carbonyl (C=O) groups is 2. The minimum Gasteiger partial charge on any atom is -0.354 e. The summed E-state index contributed by atoms with van der Waals surface area (Å²) in [7, 11) is -0.995. The van der Waals surface area contributed by atoms with Crippen LogP contribution < -0.4 is 10.6 Å². The molecule has 1 unspecified atom stereocenters. The van der Waals surface area contributed by atoms with Gasteiger partial charge in [-0.2, -0.15) is 12.6 Å². The number of pyridine rings is 1. The summed E-state index contributed by atoms with van der Waals surface area (Å²) in [5, 5.41) is 5.44. The highest BCUT2D eigenvalue weighted by molar-refractivity contribution is 8.32. The third-order valence-corrected chi connectivity index (χ3v) is 6.17. The van der Waals surface area contributed by atoms with Gasteiger partial charge >= 0.3 is 0 Å². The van der Waals surface area contributed by atoms with Crippen molar-refractivity contribution in [1.29, 1.82) is 0 Å². The number of hydrogen-bond donors (Lipinski definition) is 3. The fraction of sp³-hybridized carbons (Fsp3) is 0.500. The lowest BCUT2D eigenvalue weighted by molar-refractivity contribution is -0.127. The van der Waals surface area contributed by atoms with Gasteiger partial charge < -0.3 is 10.6 Å². The Morgan fingerprint density at radius 3 is 2.67 bits per heavy atom. The largest absolute Gasteiger partial charge is 0.354 e. The molecule has 0 aromatic carbocycles. The van der Waals surface area contributed by atoms with Crippen LogP contribution in [0.3, 0.4) is 0 Å². The SMILES string of the molecule is CC(=O)NC(CS)C(=O)NCCS(C)(C)c1cccnc1. The number of amides is 2. The summed E-state index contributed by atoms with van der Waals surface area (Å²) < 4.78 is 0. The first kappa shape index (κ1) is 17.8. The Morgan fingerprint density at radius 1 is 1.43 bits per heavy atom. The van der Waals surface area contributed by atoms with E-state index in [1.165, 1.54) is 11.8 Å². The molecule has 0 radical (unpaired) electrons. The van der Waals surface area contributed by atoms with Crippen molar-refractivity contribution in [3.05, 3.63) is 24.5 Å². The van der Waals surface area contributed by atoms with Crippen LogP contribution in [0.15, 0.2) is 29.4 Å². The zero-order valence-corrected chi connectivity index (χ0v) is 14.3. The van der Waals surface area contributed by atoms with Gasteiger partial charge in [-0.25, -0.2) is 10.0 Å². The van der Waals surface area contributed by atoms with E-state index in [1.54, 1.807) is 6.20 Å². The number of hydrogen-bond acceptors (Lipinski definition) is 4. The van der Waals surface area contributed by atoms with E-state index >= 15 is 0 Å². The smallest absolute Gasteiger partial charge is 0.243 e. The van der Waals surface area contributed by atoms with Crippen LogP contribution in [0.2, 0.25) is 0 Å². The topological polar surface area (TPSA) is 71.1 Å². The molecule has 21 heavy (non-hydrogen) atoms. The number of rotatable bonds is 7. The summed E-state index contributed by atoms with van der Waals surface area (Å²) in [6.07, 6.45) is 8.02. The molecule has 1 atom stereocenters. The van der Waals surface area contributed by atoms with Crippen molar-refractivity contribution >= 4 is 34.5 Å². The van der Waals surface area contributed by atoms with Crippen LogP contribution in [0.4, 0.5) is 0 Å². The maximum atomic E-state index is 12.0. The molecule has 1 aromatic heterocycles. The third kappa shape index (κ3) is 5.97. The molecule has 0 saturated carbocycles. The summed E-state index contributed by atoms with van der Waals surface area (Å²) in [4.78, 5) is 28.3. The van der Waals surface area contributed by atoms with Gasteiger partial charge in [0.05, 0.1) is 0 Å². The summed E-state index contributed by atoms with van der Waals surface area (Å²) in [6, 6.07) is 3.41. The molecular weight excluding hydrogens is 306 g/mol. The molecule has 0 fully saturated rings. The summed E-state index contributed by atoms with van der Waals surface area (Å²) >= 11 is 4.09. The number of aromatic nitrogens is 1. The van der Waals surface area contributed by atoms with E-state index < -0.39 is 16.1 Å². The fourth-order valence-electron chi connectivity index (χ4n) is 1.78. The molecule has 118 valence electrons. The van der Waals surface area contributed by atoms with E-state index in [4.69, 9.17) is 0 Å². The molecule has 0 spiro atoms. The van der Waals surface area contributed by atoms with Crippen molar-refractivity contribution in [2.24, 2.45) is 0 Å². The summed E-state index contributed by atoms with van der Waals surface area (Å²) in [5.74, 6) is 0.723. The molecule has 2 amide bonds. The lowest BCUT2D eigenvalue weighted by Crippen LogP contribution is -2.48. The predicted octanol–water partition coefficient (Wildman–Crippen LogP) is 1.06. The minimum absolute atomic E-state index is 0.193. The van der Waals surface area contributed by atoms with Gasteiger partial charge in [-0.05, 0) is 30.4 Å². The number of nitrogens with one attached hydrogen (secondary N) is 2. The highest BCUT2D eigenvalue weighted by Crippen LogP contribution is 2.47. The van der Waals surface area contributed by atoms with Crippen molar-refractivity contribution < 1.29 is 9.59 Å². The standard InChI is InChI=1S/C14H23N3O2S2/c1-11(18)17-13(10-20)14(19)16-7-8-21(2,3)12-5-4-6-15-9-12/h4-6,9,13,20H,7-8,10H2,1-3H3,(H,16,19)(H,17,18). The summed E-state index contributed by atoms with van der Waals surface area (Å²) in [6.45, 7) is 1.96. The zero-order chi connectivity index (χ0) is 15.9. The Morgan fingerprint density at radius 2 is 2.14 bits per heavy atom. The molecule has 7 heteroatoms. The van der Waals surface area contributed by atoms with Crippen molar-refractivity contribution in [1.82, 2.24) is 15.6 Å². The molecule has 0 saturated heterocycles. The first-order chi connectivity index (χ1) is 9.86. The normalized spacial score (nSPS) is 13.3. The Balaban J connectivity index is 2.48. The van der Waals surface area contributed by atoms with Crippen LogP contribution in [-0.2, 0) is 9.59 Å². The number of thiol groups is 1. The molecule has 0 aliphatic heterocycles. The second-order valence-electron chi connectivity index (χ2n) is 5.16. The zero-order valence-electron chi connectivity index (χ0n) is 12.6. The van der Waals surface area contributed by atoms with E-state index in [-0.39, 0.29) is 17.6 Å². The monoisotopic (exact) mass is 329 g/mol. The fourth-order valence-corrected chi connectivity index (χ4v) is 3.68. The Labute approximate surface area is 133 Å². The average Bonchev–Trinajstić information content (AvgIpc) is 2.45. The van der Waals surface area contributed by atoms with E-state index in [0.717, 1.165) is 5.75 Å². The highest BCUT2D eigenvalue weighted by atomic mass is 32.3. The summed E-state index contributed by atoms with van der Waals surface area (Å²) in [5.41, 5.74) is 0. The Hall–Kier alpha value is -1.21. The number of nitrogens with zero attached hydrogens (tertiary/aromatic N) is 1. The third-order valence-electron chi connectivity index (χ3n) is 3.06. The van der Waals surface area contributed by atoms with Crippen LogP contribution >= 0.6 is 22.7 Å². The maximum absolute atomic E-state index is 12.0. The molecule has 0 aliphatic carbocycles. The van der Waals surface area contributed by atoms with Crippen molar-refractivity contribution in [3.63, 3.8) is 0 Å². The molecule has 1 aromatic rings. The van der Waals surface area contributed by atoms with Gasteiger partial charge in [0.15, 0.2) is 0 Å². The quantitative estimate of drug-likeness (QED) is 0.655. The molecule has 0 bridgehead atoms. The van der Waals surface area contributed by atoms with Crippen LogP contribution in [0.1, 0.15) is 6.92 Å². The van der Waals surface area contributed by atoms with E-state index in [0.29, 0.717) is 6.54 Å². The van der Waals surface area contributed by atoms with E-state index in [2.05, 4.69) is 46.8 Å². The van der Waals surface area contributed by atoms with Crippen molar-refractivity contribution in [2.45, 2.75) is 17.9 Å². The molecule has 1 heterocycles. The van der Waals surface area contributed by atoms with Crippen molar-refractivity contribution in [3.8, 4) is 0 Å². The Kier molecular flexibility index (Phi) is 7.04.